The summed E-state index contributed by atoms with van der Waals surface area (Å²) in [6.07, 6.45) is 3.54. The van der Waals surface area contributed by atoms with Gasteiger partial charge in [-0.2, -0.15) is 0 Å². The van der Waals surface area contributed by atoms with Crippen molar-refractivity contribution in [3.05, 3.63) is 35.4 Å². The SMILES string of the molecule is NCc1cccc(C(=O)N2CCOC3CCCC32)c1. The van der Waals surface area contributed by atoms with Crippen LogP contribution >= 0.6 is 0 Å². The first-order valence-corrected chi connectivity index (χ1v) is 7.01. The van der Waals surface area contributed by atoms with Crippen molar-refractivity contribution in [2.75, 3.05) is 13.2 Å². The van der Waals surface area contributed by atoms with Gasteiger partial charge in [0.1, 0.15) is 0 Å². The molecule has 2 unspecified atom stereocenters. The van der Waals surface area contributed by atoms with E-state index >= 15 is 0 Å². The average Bonchev–Trinajstić information content (AvgIpc) is 2.95. The van der Waals surface area contributed by atoms with Crippen molar-refractivity contribution in [3.63, 3.8) is 0 Å². The van der Waals surface area contributed by atoms with Crippen LogP contribution in [0.15, 0.2) is 24.3 Å². The van der Waals surface area contributed by atoms with E-state index in [4.69, 9.17) is 10.5 Å². The molecule has 19 heavy (non-hydrogen) atoms. The Morgan fingerprint density at radius 1 is 1.42 bits per heavy atom. The van der Waals surface area contributed by atoms with Crippen molar-refractivity contribution in [2.24, 2.45) is 5.73 Å². The summed E-state index contributed by atoms with van der Waals surface area (Å²) in [7, 11) is 0. The Morgan fingerprint density at radius 2 is 2.32 bits per heavy atom. The molecule has 1 aliphatic carbocycles. The van der Waals surface area contributed by atoms with Crippen LogP contribution in [0.2, 0.25) is 0 Å². The Labute approximate surface area is 113 Å². The second-order valence-corrected chi connectivity index (χ2v) is 5.31. The van der Waals surface area contributed by atoms with Gasteiger partial charge in [0.05, 0.1) is 18.8 Å². The van der Waals surface area contributed by atoms with Gasteiger partial charge in [0, 0.05) is 18.7 Å². The van der Waals surface area contributed by atoms with E-state index < -0.39 is 0 Å². The molecule has 2 aliphatic rings. The summed E-state index contributed by atoms with van der Waals surface area (Å²) < 4.78 is 5.75. The number of hydrogen-bond donors (Lipinski definition) is 1. The third-order valence-corrected chi connectivity index (χ3v) is 4.15. The average molecular weight is 260 g/mol. The van der Waals surface area contributed by atoms with Crippen LogP contribution in [-0.4, -0.2) is 36.1 Å². The van der Waals surface area contributed by atoms with E-state index in [-0.39, 0.29) is 18.1 Å². The molecule has 2 atom stereocenters. The number of nitrogens with zero attached hydrogens (tertiary/aromatic N) is 1. The van der Waals surface area contributed by atoms with E-state index in [1.807, 2.05) is 29.2 Å². The van der Waals surface area contributed by atoms with Crippen LogP contribution in [0.25, 0.3) is 0 Å². The van der Waals surface area contributed by atoms with Crippen LogP contribution in [0.1, 0.15) is 35.2 Å². The van der Waals surface area contributed by atoms with Gasteiger partial charge in [0.15, 0.2) is 0 Å². The third-order valence-electron chi connectivity index (χ3n) is 4.15. The van der Waals surface area contributed by atoms with Crippen molar-refractivity contribution in [2.45, 2.75) is 38.0 Å². The molecule has 0 aromatic heterocycles. The highest BCUT2D eigenvalue weighted by Crippen LogP contribution is 2.30. The number of nitrogens with two attached hydrogens (primary N) is 1. The minimum Gasteiger partial charge on any atom is -0.374 e. The number of fused-ring (bicyclic) bond motifs is 1. The van der Waals surface area contributed by atoms with Gasteiger partial charge in [-0.25, -0.2) is 0 Å². The summed E-state index contributed by atoms with van der Waals surface area (Å²) in [6, 6.07) is 7.90. The molecular formula is C15H20N2O2. The molecule has 1 aromatic carbocycles. The number of carbonyl (C=O) groups excluding carboxylic acids is 1. The van der Waals surface area contributed by atoms with Crippen LogP contribution in [0.5, 0.6) is 0 Å². The van der Waals surface area contributed by atoms with E-state index in [2.05, 4.69) is 0 Å². The smallest absolute Gasteiger partial charge is 0.254 e. The fourth-order valence-corrected chi connectivity index (χ4v) is 3.17. The normalized spacial score (nSPS) is 26.3. The summed E-state index contributed by atoms with van der Waals surface area (Å²) in [4.78, 5) is 14.6. The number of rotatable bonds is 2. The molecule has 102 valence electrons. The lowest BCUT2D eigenvalue weighted by Crippen LogP contribution is -2.51. The Balaban J connectivity index is 1.82. The van der Waals surface area contributed by atoms with Crippen molar-refractivity contribution in [3.8, 4) is 0 Å². The van der Waals surface area contributed by atoms with Crippen molar-refractivity contribution >= 4 is 5.91 Å². The van der Waals surface area contributed by atoms with Gasteiger partial charge in [-0.1, -0.05) is 12.1 Å². The van der Waals surface area contributed by atoms with E-state index in [1.54, 1.807) is 0 Å². The number of hydrogen-bond acceptors (Lipinski definition) is 3. The second-order valence-electron chi connectivity index (χ2n) is 5.31. The summed E-state index contributed by atoms with van der Waals surface area (Å²) in [5.74, 6) is 0.121. The lowest BCUT2D eigenvalue weighted by atomic mass is 10.1. The zero-order chi connectivity index (χ0) is 13.2. The van der Waals surface area contributed by atoms with Gasteiger partial charge in [-0.15, -0.1) is 0 Å². The molecule has 1 heterocycles. The minimum atomic E-state index is 0.121. The summed E-state index contributed by atoms with van der Waals surface area (Å²) in [5, 5.41) is 0. The van der Waals surface area contributed by atoms with Crippen LogP contribution in [0, 0.1) is 0 Å². The number of carbonyl (C=O) groups is 1. The van der Waals surface area contributed by atoms with Gasteiger partial charge in [0.2, 0.25) is 0 Å². The fourth-order valence-electron chi connectivity index (χ4n) is 3.17. The van der Waals surface area contributed by atoms with Gasteiger partial charge in [0.25, 0.3) is 5.91 Å². The van der Waals surface area contributed by atoms with E-state index in [0.717, 1.165) is 30.4 Å². The van der Waals surface area contributed by atoms with E-state index in [0.29, 0.717) is 19.7 Å². The molecule has 0 bridgehead atoms. The van der Waals surface area contributed by atoms with Gasteiger partial charge in [-0.3, -0.25) is 4.79 Å². The quantitative estimate of drug-likeness (QED) is 0.877. The summed E-state index contributed by atoms with van der Waals surface area (Å²) >= 11 is 0. The highest BCUT2D eigenvalue weighted by molar-refractivity contribution is 5.94. The summed E-state index contributed by atoms with van der Waals surface area (Å²) in [6.45, 7) is 1.83. The van der Waals surface area contributed by atoms with Crippen LogP contribution in [-0.2, 0) is 11.3 Å². The van der Waals surface area contributed by atoms with E-state index in [9.17, 15) is 4.79 Å². The Hall–Kier alpha value is -1.39. The molecule has 2 fully saturated rings. The van der Waals surface area contributed by atoms with Crippen LogP contribution in [0.3, 0.4) is 0 Å². The van der Waals surface area contributed by atoms with Gasteiger partial charge >= 0.3 is 0 Å². The highest BCUT2D eigenvalue weighted by Gasteiger charge is 2.38. The molecule has 1 aliphatic heterocycles. The molecule has 4 nitrogen and oxygen atoms in total. The molecule has 0 radical (unpaired) electrons. The van der Waals surface area contributed by atoms with Gasteiger partial charge in [-0.05, 0) is 37.0 Å². The van der Waals surface area contributed by atoms with Crippen LogP contribution in [0.4, 0.5) is 0 Å². The predicted octanol–water partition coefficient (Wildman–Crippen LogP) is 1.54. The molecule has 2 N–H and O–H groups in total. The van der Waals surface area contributed by atoms with Gasteiger partial charge < -0.3 is 15.4 Å². The molecule has 1 saturated heterocycles. The monoisotopic (exact) mass is 260 g/mol. The lowest BCUT2D eigenvalue weighted by molar-refractivity contribution is -0.0445. The number of morpholine rings is 1. The highest BCUT2D eigenvalue weighted by atomic mass is 16.5. The second kappa shape index (κ2) is 5.31. The van der Waals surface area contributed by atoms with Crippen molar-refractivity contribution in [1.29, 1.82) is 0 Å². The molecule has 0 spiro atoms. The van der Waals surface area contributed by atoms with Crippen molar-refractivity contribution < 1.29 is 9.53 Å². The lowest BCUT2D eigenvalue weighted by Gasteiger charge is -2.37. The largest absolute Gasteiger partial charge is 0.374 e. The molecular weight excluding hydrogens is 240 g/mol. The third kappa shape index (κ3) is 2.38. The maximum Gasteiger partial charge on any atom is 0.254 e. The number of benzene rings is 1. The zero-order valence-electron chi connectivity index (χ0n) is 11.0. The first kappa shape index (κ1) is 12.6. The Bertz CT molecular complexity index is 475. The molecule has 4 heteroatoms. The number of amides is 1. The Kier molecular flexibility index (Phi) is 3.53. The zero-order valence-corrected chi connectivity index (χ0v) is 11.0. The summed E-state index contributed by atoms with van der Waals surface area (Å²) in [5.41, 5.74) is 7.39. The van der Waals surface area contributed by atoms with Crippen LogP contribution < -0.4 is 5.73 Å². The molecule has 3 rings (SSSR count). The first-order chi connectivity index (χ1) is 9.29. The molecule has 1 aromatic rings. The first-order valence-electron chi connectivity index (χ1n) is 7.01. The van der Waals surface area contributed by atoms with Crippen molar-refractivity contribution in [1.82, 2.24) is 4.90 Å². The topological polar surface area (TPSA) is 55.6 Å². The molecule has 1 amide bonds. The maximum atomic E-state index is 12.6. The van der Waals surface area contributed by atoms with E-state index in [1.165, 1.54) is 0 Å². The number of ether oxygens (including phenoxy) is 1. The molecule has 1 saturated carbocycles. The Morgan fingerprint density at radius 3 is 3.16 bits per heavy atom. The minimum absolute atomic E-state index is 0.121. The fraction of sp³-hybridized carbons (Fsp3) is 0.533. The standard InChI is InChI=1S/C15H20N2O2/c16-10-11-3-1-4-12(9-11)15(18)17-7-8-19-14-6-2-5-13(14)17/h1,3-4,9,13-14H,2,5-8,10,16H2. The predicted molar refractivity (Wildman–Crippen MR) is 72.7 cm³/mol. The maximum absolute atomic E-state index is 12.6.